The molecule has 0 fully saturated rings. The molecule has 4 N–H and O–H groups in total. The first-order chi connectivity index (χ1) is 17.4. The number of imidazole rings is 2. The summed E-state index contributed by atoms with van der Waals surface area (Å²) in [5.41, 5.74) is -24.6. The second kappa shape index (κ2) is 13.8. The Kier molecular flexibility index (Phi) is 13.6. The summed E-state index contributed by atoms with van der Waals surface area (Å²) in [6.07, 6.45) is 10.2. The highest BCUT2D eigenvalue weighted by Gasteiger charge is 2.56. The number of aromatic nitrogens is 4. The third-order valence-electron chi connectivity index (χ3n) is 2.47. The van der Waals surface area contributed by atoms with E-state index in [1.54, 1.807) is 37.4 Å². The molecule has 236 valence electrons. The minimum absolute atomic E-state index is 0.493. The minimum Gasteiger partial charge on any atom is -0.351 e. The van der Waals surface area contributed by atoms with Crippen LogP contribution in [0, 0.1) is 0 Å². The molecule has 2 aromatic rings. The lowest BCUT2D eigenvalue weighted by Crippen LogP contribution is -2.45. The van der Waals surface area contributed by atoms with Crippen LogP contribution >= 0.6 is 0 Å². The van der Waals surface area contributed by atoms with Crippen LogP contribution in [0.1, 0.15) is 0 Å². The molecule has 0 saturated heterocycles. The van der Waals surface area contributed by atoms with Gasteiger partial charge < -0.3 is 9.97 Å². The van der Waals surface area contributed by atoms with Crippen LogP contribution in [-0.4, -0.2) is 75.6 Å². The van der Waals surface area contributed by atoms with Crippen molar-refractivity contribution in [2.75, 3.05) is 0 Å². The van der Waals surface area contributed by atoms with E-state index in [9.17, 15) is 86.4 Å². The van der Waals surface area contributed by atoms with Gasteiger partial charge in [0.05, 0.1) is 12.7 Å². The van der Waals surface area contributed by atoms with Gasteiger partial charge in [0.2, 0.25) is 0 Å². The lowest BCUT2D eigenvalue weighted by Gasteiger charge is -2.11. The van der Waals surface area contributed by atoms with E-state index in [1.807, 2.05) is 0 Å². The molecule has 30 heteroatoms. The Morgan fingerprint density at radius 2 is 0.650 bits per heavy atom. The van der Waals surface area contributed by atoms with Crippen molar-refractivity contribution in [1.82, 2.24) is 28.2 Å². The zero-order chi connectivity index (χ0) is 32.5. The molecule has 14 nitrogen and oxygen atoms in total. The zero-order valence-electron chi connectivity index (χ0n) is 17.8. The average Bonchev–Trinajstić information content (AvgIpc) is 3.43. The molecule has 2 aromatic heterocycles. The van der Waals surface area contributed by atoms with Crippen LogP contribution in [0.25, 0.3) is 0 Å². The smallest absolute Gasteiger partial charge is 0.351 e. The van der Waals surface area contributed by atoms with Gasteiger partial charge in [-0.15, -0.1) is 0 Å². The third kappa shape index (κ3) is 13.6. The second-order valence-electron chi connectivity index (χ2n) is 5.48. The van der Waals surface area contributed by atoms with Crippen LogP contribution < -0.4 is 8.25 Å². The summed E-state index contributed by atoms with van der Waals surface area (Å²) in [5, 5.41) is 0. The lowest BCUT2D eigenvalue weighted by atomic mass is 11.0. The molecule has 40 heavy (non-hydrogen) atoms. The number of halogens is 12. The van der Waals surface area contributed by atoms with Gasteiger partial charge in [-0.1, -0.05) is 8.25 Å². The van der Waals surface area contributed by atoms with Gasteiger partial charge in [0.25, 0.3) is 0 Å². The summed E-state index contributed by atoms with van der Waals surface area (Å²) >= 11 is 0. The monoisotopic (exact) mass is 698 g/mol. The van der Waals surface area contributed by atoms with Crippen LogP contribution in [0.15, 0.2) is 37.4 Å². The average molecular weight is 698 g/mol. The number of H-pyrrole nitrogens is 2. The van der Waals surface area contributed by atoms with E-state index in [0.29, 0.717) is 0 Å². The largest absolute Gasteiger partial charge is 0.512 e. The first-order valence-corrected chi connectivity index (χ1v) is 14.0. The number of hydrogen-bond donors (Lipinski definition) is 4. The quantitative estimate of drug-likeness (QED) is 0.336. The molecule has 2 rings (SSSR count). The van der Waals surface area contributed by atoms with Crippen molar-refractivity contribution in [1.29, 1.82) is 0 Å². The van der Waals surface area contributed by atoms with Crippen molar-refractivity contribution in [2.45, 2.75) is 22.0 Å². The van der Waals surface area contributed by atoms with Crippen molar-refractivity contribution in [2.24, 2.45) is 0 Å². The number of nitrogens with one attached hydrogen (secondary N) is 4. The Bertz CT molecular complexity index is 1200. The molecule has 0 radical (unpaired) electrons. The van der Waals surface area contributed by atoms with E-state index in [2.05, 4.69) is 19.9 Å². The predicted molar refractivity (Wildman–Crippen MR) is 103 cm³/mol. The van der Waals surface area contributed by atoms with Gasteiger partial charge >= 0.3 is 62.1 Å². The van der Waals surface area contributed by atoms with Crippen molar-refractivity contribution in [3.63, 3.8) is 0 Å². The van der Waals surface area contributed by atoms with E-state index in [4.69, 9.17) is 0 Å². The van der Waals surface area contributed by atoms with Crippen molar-refractivity contribution >= 4 is 40.1 Å². The number of alkyl halides is 12. The van der Waals surface area contributed by atoms with Crippen LogP contribution in [0.2, 0.25) is 0 Å². The van der Waals surface area contributed by atoms with Crippen molar-refractivity contribution < 1.29 is 86.4 Å². The molecule has 0 atom stereocenters. The highest BCUT2D eigenvalue weighted by Crippen LogP contribution is 2.28. The van der Waals surface area contributed by atoms with Crippen LogP contribution in [-0.2, 0) is 40.1 Å². The highest BCUT2D eigenvalue weighted by atomic mass is 32.3. The van der Waals surface area contributed by atoms with Gasteiger partial charge in [0.1, 0.15) is 0 Å². The summed E-state index contributed by atoms with van der Waals surface area (Å²) in [5.74, 6) is 0. The molecule has 0 bridgehead atoms. The highest BCUT2D eigenvalue weighted by molar-refractivity contribution is 8.06. The first kappa shape index (κ1) is 39.4. The van der Waals surface area contributed by atoms with E-state index < -0.39 is 70.4 Å². The van der Waals surface area contributed by atoms with Gasteiger partial charge in [-0.3, -0.25) is 0 Å². The van der Waals surface area contributed by atoms with Gasteiger partial charge in [-0.05, 0) is 0 Å². The third-order valence-corrected chi connectivity index (χ3v) is 8.42. The number of nitrogens with zero attached hydrogens (tertiary/aromatic N) is 2. The van der Waals surface area contributed by atoms with Crippen LogP contribution in [0.3, 0.4) is 0 Å². The van der Waals surface area contributed by atoms with Crippen molar-refractivity contribution in [3.05, 3.63) is 37.4 Å². The van der Waals surface area contributed by atoms with Crippen LogP contribution in [0.4, 0.5) is 52.7 Å². The molecule has 0 amide bonds. The molecular weight excluding hydrogens is 688 g/mol. The van der Waals surface area contributed by atoms with E-state index in [0.717, 1.165) is 0 Å². The Morgan fingerprint density at radius 3 is 0.725 bits per heavy atom. The first-order valence-electron chi connectivity index (χ1n) is 8.09. The maximum atomic E-state index is 11.5. The zero-order valence-corrected chi connectivity index (χ0v) is 21.1. The Balaban J connectivity index is 0. The van der Waals surface area contributed by atoms with Gasteiger partial charge in [-0.2, -0.15) is 52.7 Å². The molecule has 2 heterocycles. The van der Waals surface area contributed by atoms with Crippen molar-refractivity contribution in [3.8, 4) is 0 Å². The fourth-order valence-electron chi connectivity index (χ4n) is 0.908. The number of sulfonamides is 4. The molecule has 0 aliphatic heterocycles. The lowest BCUT2D eigenvalue weighted by molar-refractivity contribution is -0.0487. The summed E-state index contributed by atoms with van der Waals surface area (Å²) in [4.78, 5) is 12.8. The van der Waals surface area contributed by atoms with Crippen LogP contribution in [0.5, 0.6) is 0 Å². The molecule has 0 aromatic carbocycles. The molecule has 0 aliphatic rings. The van der Waals surface area contributed by atoms with E-state index >= 15 is 0 Å². The van der Waals surface area contributed by atoms with Gasteiger partial charge in [0, 0.05) is 24.8 Å². The maximum absolute atomic E-state index is 11.5. The second-order valence-corrected chi connectivity index (χ2v) is 12.7. The van der Waals surface area contributed by atoms with E-state index in [1.165, 1.54) is 0 Å². The van der Waals surface area contributed by atoms with Gasteiger partial charge in [-0.25, -0.2) is 43.6 Å². The standard InChI is InChI=1S/2C3H4N2.2C2HF6NO4S2/c2*1-2-5-3-4-1;2*3-1(4,5)14(10,11)9-15(12,13)2(6,7)8/h2*1-3H,(H,4,5);2*9H. The fourth-order valence-corrected chi connectivity index (χ4v) is 4.73. The Morgan fingerprint density at radius 1 is 0.450 bits per heavy atom. The number of aromatic amines is 2. The minimum atomic E-state index is -6.60. The topological polar surface area (TPSA) is 218 Å². The Hall–Kier alpha value is -2.70. The maximum Gasteiger partial charge on any atom is 0.512 e. The molecular formula is C10H10F12N6O8S4. The number of hydrogen-bond acceptors (Lipinski definition) is 10. The molecule has 0 aliphatic carbocycles. The SMILES string of the molecule is O=S(=O)(NS(=O)(=O)C(F)(F)F)C(F)(F)F.O=S(=O)(NS(=O)(=O)C(F)(F)F)C(F)(F)F.c1c[nH]cn1.c1c[nH]cn1. The molecule has 0 unspecified atom stereocenters. The Labute approximate surface area is 214 Å². The summed E-state index contributed by atoms with van der Waals surface area (Å²) in [6.45, 7) is 0. The molecule has 0 spiro atoms. The summed E-state index contributed by atoms with van der Waals surface area (Å²) < 4.78 is 217. The predicted octanol–water partition coefficient (Wildman–Crippen LogP) is 1.37. The van der Waals surface area contributed by atoms with Gasteiger partial charge in [0.15, 0.2) is 0 Å². The fraction of sp³-hybridized carbons (Fsp3) is 0.400. The normalized spacial score (nSPS) is 13.5. The van der Waals surface area contributed by atoms with E-state index in [-0.39, 0.29) is 0 Å². The summed E-state index contributed by atoms with van der Waals surface area (Å²) in [7, 11) is -26.4. The number of rotatable bonds is 4. The summed E-state index contributed by atoms with van der Waals surface area (Å²) in [6, 6.07) is 0. The molecule has 0 saturated carbocycles.